The summed E-state index contributed by atoms with van der Waals surface area (Å²) in [7, 11) is -3.53. The number of benzene rings is 2. The van der Waals surface area contributed by atoms with Crippen molar-refractivity contribution in [2.45, 2.75) is 24.7 Å². The first-order chi connectivity index (χ1) is 9.38. The quantitative estimate of drug-likeness (QED) is 0.781. The SMILES string of the molecule is CC(C)c1ccc(S(=O)(=O)Nc2cccc(I)c2)cc1. The summed E-state index contributed by atoms with van der Waals surface area (Å²) in [6, 6.07) is 14.3. The van der Waals surface area contributed by atoms with Crippen molar-refractivity contribution in [3.8, 4) is 0 Å². The number of nitrogens with one attached hydrogen (secondary N) is 1. The molecular formula is C15H16INO2S. The van der Waals surface area contributed by atoms with E-state index in [0.717, 1.165) is 9.13 Å². The fourth-order valence-electron chi connectivity index (χ4n) is 1.80. The Kier molecular flexibility index (Phi) is 4.70. The summed E-state index contributed by atoms with van der Waals surface area (Å²) in [4.78, 5) is 0.278. The molecule has 3 nitrogen and oxygen atoms in total. The van der Waals surface area contributed by atoms with E-state index in [1.165, 1.54) is 0 Å². The summed E-state index contributed by atoms with van der Waals surface area (Å²) in [5.41, 5.74) is 1.70. The lowest BCUT2D eigenvalue weighted by Gasteiger charge is -2.10. The van der Waals surface area contributed by atoms with Crippen molar-refractivity contribution in [2.24, 2.45) is 0 Å². The van der Waals surface area contributed by atoms with Gasteiger partial charge in [0, 0.05) is 9.26 Å². The van der Waals surface area contributed by atoms with Crippen LogP contribution in [0.15, 0.2) is 53.4 Å². The van der Waals surface area contributed by atoms with Crippen molar-refractivity contribution >= 4 is 38.3 Å². The highest BCUT2D eigenvalue weighted by Crippen LogP contribution is 2.20. The molecule has 0 bridgehead atoms. The van der Waals surface area contributed by atoms with Crippen LogP contribution in [0.25, 0.3) is 0 Å². The maximum absolute atomic E-state index is 12.3. The Morgan fingerprint density at radius 2 is 1.70 bits per heavy atom. The summed E-state index contributed by atoms with van der Waals surface area (Å²) in [5, 5.41) is 0. The number of rotatable bonds is 4. The lowest BCUT2D eigenvalue weighted by Crippen LogP contribution is -2.13. The maximum Gasteiger partial charge on any atom is 0.261 e. The highest BCUT2D eigenvalue weighted by Gasteiger charge is 2.14. The lowest BCUT2D eigenvalue weighted by molar-refractivity contribution is 0.601. The molecule has 0 amide bonds. The van der Waals surface area contributed by atoms with Crippen LogP contribution in [0.5, 0.6) is 0 Å². The molecule has 2 aromatic carbocycles. The first kappa shape index (κ1) is 15.3. The zero-order chi connectivity index (χ0) is 14.8. The standard InChI is InChI=1S/C15H16INO2S/c1-11(2)12-6-8-15(9-7-12)20(18,19)17-14-5-3-4-13(16)10-14/h3-11,17H,1-2H3. The molecule has 1 N–H and O–H groups in total. The van der Waals surface area contributed by atoms with E-state index >= 15 is 0 Å². The molecule has 5 heteroatoms. The second kappa shape index (κ2) is 6.13. The van der Waals surface area contributed by atoms with Crippen molar-refractivity contribution in [3.05, 3.63) is 57.7 Å². The molecule has 2 aromatic rings. The van der Waals surface area contributed by atoms with Gasteiger partial charge in [-0.2, -0.15) is 0 Å². The van der Waals surface area contributed by atoms with Crippen molar-refractivity contribution in [2.75, 3.05) is 4.72 Å². The average Bonchev–Trinajstić information content (AvgIpc) is 2.38. The van der Waals surface area contributed by atoms with E-state index in [-0.39, 0.29) is 4.90 Å². The van der Waals surface area contributed by atoms with Crippen LogP contribution in [0, 0.1) is 3.57 Å². The fraction of sp³-hybridized carbons (Fsp3) is 0.200. The van der Waals surface area contributed by atoms with E-state index in [9.17, 15) is 8.42 Å². The maximum atomic E-state index is 12.3. The average molecular weight is 401 g/mol. The third kappa shape index (κ3) is 3.73. The molecule has 0 aliphatic rings. The largest absolute Gasteiger partial charge is 0.280 e. The van der Waals surface area contributed by atoms with Gasteiger partial charge in [-0.25, -0.2) is 8.42 Å². The molecule has 0 saturated heterocycles. The summed E-state index contributed by atoms with van der Waals surface area (Å²) < 4.78 is 28.1. The normalized spacial score (nSPS) is 11.6. The monoisotopic (exact) mass is 401 g/mol. The van der Waals surface area contributed by atoms with Gasteiger partial charge in [0.05, 0.1) is 4.90 Å². The molecule has 0 heterocycles. The van der Waals surface area contributed by atoms with Crippen LogP contribution in [0.1, 0.15) is 25.3 Å². The van der Waals surface area contributed by atoms with Gasteiger partial charge in [-0.3, -0.25) is 4.72 Å². The topological polar surface area (TPSA) is 46.2 Å². The molecular weight excluding hydrogens is 385 g/mol. The van der Waals surface area contributed by atoms with Crippen molar-refractivity contribution in [3.63, 3.8) is 0 Å². The van der Waals surface area contributed by atoms with Crippen molar-refractivity contribution < 1.29 is 8.42 Å². The van der Waals surface area contributed by atoms with E-state index in [4.69, 9.17) is 0 Å². The van der Waals surface area contributed by atoms with E-state index in [2.05, 4.69) is 41.2 Å². The van der Waals surface area contributed by atoms with Crippen LogP contribution in [0.2, 0.25) is 0 Å². The number of hydrogen-bond donors (Lipinski definition) is 1. The Balaban J connectivity index is 2.26. The van der Waals surface area contributed by atoms with Crippen molar-refractivity contribution in [1.82, 2.24) is 0 Å². The van der Waals surface area contributed by atoms with E-state index in [1.54, 1.807) is 24.3 Å². The second-order valence-corrected chi connectivity index (χ2v) is 7.77. The Morgan fingerprint density at radius 3 is 2.25 bits per heavy atom. The first-order valence-electron chi connectivity index (χ1n) is 6.27. The summed E-state index contributed by atoms with van der Waals surface area (Å²) in [5.74, 6) is 0.385. The predicted molar refractivity (Wildman–Crippen MR) is 90.5 cm³/mol. The number of hydrogen-bond acceptors (Lipinski definition) is 2. The molecule has 106 valence electrons. The number of halogens is 1. The first-order valence-corrected chi connectivity index (χ1v) is 8.83. The van der Waals surface area contributed by atoms with Crippen molar-refractivity contribution in [1.29, 1.82) is 0 Å². The molecule has 2 rings (SSSR count). The molecule has 0 saturated carbocycles. The smallest absolute Gasteiger partial charge is 0.261 e. The van der Waals surface area contributed by atoms with Crippen LogP contribution in [-0.2, 0) is 10.0 Å². The Morgan fingerprint density at radius 1 is 1.05 bits per heavy atom. The third-order valence-electron chi connectivity index (χ3n) is 2.93. The van der Waals surface area contributed by atoms with Gasteiger partial charge in [0.1, 0.15) is 0 Å². The fourth-order valence-corrected chi connectivity index (χ4v) is 3.39. The van der Waals surface area contributed by atoms with Gasteiger partial charge < -0.3 is 0 Å². The summed E-state index contributed by atoms with van der Waals surface area (Å²) in [6.45, 7) is 4.15. The van der Waals surface area contributed by atoms with Gasteiger partial charge in [0.25, 0.3) is 10.0 Å². The van der Waals surface area contributed by atoms with Crippen LogP contribution in [0.3, 0.4) is 0 Å². The van der Waals surface area contributed by atoms with E-state index in [1.807, 2.05) is 24.3 Å². The van der Waals surface area contributed by atoms with Crippen LogP contribution < -0.4 is 4.72 Å². The van der Waals surface area contributed by atoms with Gasteiger partial charge in [-0.15, -0.1) is 0 Å². The zero-order valence-electron chi connectivity index (χ0n) is 11.3. The summed E-state index contributed by atoms with van der Waals surface area (Å²) in [6.07, 6.45) is 0. The van der Waals surface area contributed by atoms with Gasteiger partial charge in [-0.05, 0) is 64.4 Å². The Labute approximate surface area is 133 Å². The van der Waals surface area contributed by atoms with Gasteiger partial charge in [0.15, 0.2) is 0 Å². The van der Waals surface area contributed by atoms with Gasteiger partial charge in [0.2, 0.25) is 0 Å². The molecule has 0 atom stereocenters. The van der Waals surface area contributed by atoms with E-state index in [0.29, 0.717) is 11.6 Å². The summed E-state index contributed by atoms with van der Waals surface area (Å²) >= 11 is 2.15. The van der Waals surface area contributed by atoms with Gasteiger partial charge >= 0.3 is 0 Å². The van der Waals surface area contributed by atoms with Crippen LogP contribution in [0.4, 0.5) is 5.69 Å². The predicted octanol–water partition coefficient (Wildman–Crippen LogP) is 4.22. The molecule has 0 aromatic heterocycles. The molecule has 0 aliphatic carbocycles. The molecule has 0 spiro atoms. The molecule has 0 aliphatic heterocycles. The van der Waals surface area contributed by atoms with Crippen LogP contribution in [-0.4, -0.2) is 8.42 Å². The minimum absolute atomic E-state index is 0.278. The van der Waals surface area contributed by atoms with E-state index < -0.39 is 10.0 Å². The van der Waals surface area contributed by atoms with Crippen LogP contribution >= 0.6 is 22.6 Å². The highest BCUT2D eigenvalue weighted by atomic mass is 127. The highest BCUT2D eigenvalue weighted by molar-refractivity contribution is 14.1. The molecule has 0 unspecified atom stereocenters. The minimum atomic E-state index is -3.53. The Bertz CT molecular complexity index is 694. The molecule has 0 fully saturated rings. The third-order valence-corrected chi connectivity index (χ3v) is 5.00. The zero-order valence-corrected chi connectivity index (χ0v) is 14.3. The molecule has 20 heavy (non-hydrogen) atoms. The molecule has 0 radical (unpaired) electrons. The Hall–Kier alpha value is -1.08. The second-order valence-electron chi connectivity index (χ2n) is 4.84. The lowest BCUT2D eigenvalue weighted by atomic mass is 10.0. The number of sulfonamides is 1. The van der Waals surface area contributed by atoms with Gasteiger partial charge in [-0.1, -0.05) is 32.0 Å². The number of anilines is 1. The minimum Gasteiger partial charge on any atom is -0.280 e.